The van der Waals surface area contributed by atoms with E-state index in [1.165, 1.54) is 5.56 Å². The minimum atomic E-state index is -0.0322. The van der Waals surface area contributed by atoms with Gasteiger partial charge in [-0.1, -0.05) is 0 Å². The second-order valence-electron chi connectivity index (χ2n) is 7.26. The fourth-order valence-corrected chi connectivity index (χ4v) is 2.84. The van der Waals surface area contributed by atoms with E-state index in [9.17, 15) is 0 Å². The van der Waals surface area contributed by atoms with Crippen molar-refractivity contribution in [3.63, 3.8) is 0 Å². The standard InChI is InChI=1S/C16H26BrN3O/c1-15(2,3)19-9-12-8-13(17)10-18-14(12)20-6-7-21-11-16(20,4)5/h8,10,19H,6-7,9,11H2,1-5H3. The SMILES string of the molecule is CC(C)(C)NCc1cc(Br)cnc1N1CCOCC1(C)C. The summed E-state index contributed by atoms with van der Waals surface area (Å²) in [5.41, 5.74) is 1.27. The molecule has 0 unspecified atom stereocenters. The first-order valence-electron chi connectivity index (χ1n) is 7.44. The number of ether oxygens (including phenoxy) is 1. The number of pyridine rings is 1. The van der Waals surface area contributed by atoms with Crippen molar-refractivity contribution in [1.29, 1.82) is 0 Å². The second-order valence-corrected chi connectivity index (χ2v) is 8.17. The number of nitrogens with one attached hydrogen (secondary N) is 1. The van der Waals surface area contributed by atoms with Crippen LogP contribution in [0.2, 0.25) is 0 Å². The third-order valence-corrected chi connectivity index (χ3v) is 4.05. The molecule has 1 aliphatic rings. The zero-order valence-electron chi connectivity index (χ0n) is 13.7. The molecule has 0 amide bonds. The van der Waals surface area contributed by atoms with Crippen molar-refractivity contribution >= 4 is 21.7 Å². The lowest BCUT2D eigenvalue weighted by Gasteiger charge is -2.43. The van der Waals surface area contributed by atoms with E-state index in [0.29, 0.717) is 0 Å². The molecule has 1 aromatic heterocycles. The maximum atomic E-state index is 5.62. The molecule has 1 N–H and O–H groups in total. The molecule has 4 nitrogen and oxygen atoms in total. The van der Waals surface area contributed by atoms with Crippen LogP contribution in [0.1, 0.15) is 40.2 Å². The van der Waals surface area contributed by atoms with Crippen molar-refractivity contribution in [3.05, 3.63) is 22.3 Å². The van der Waals surface area contributed by atoms with Crippen molar-refractivity contribution < 1.29 is 4.74 Å². The van der Waals surface area contributed by atoms with Gasteiger partial charge in [0.05, 0.1) is 18.8 Å². The van der Waals surface area contributed by atoms with Crippen molar-refractivity contribution in [2.75, 3.05) is 24.7 Å². The average Bonchev–Trinajstić information content (AvgIpc) is 2.36. The Balaban J connectivity index is 2.30. The molecule has 5 heteroatoms. The summed E-state index contributed by atoms with van der Waals surface area (Å²) in [5, 5.41) is 3.55. The highest BCUT2D eigenvalue weighted by Crippen LogP contribution is 2.29. The smallest absolute Gasteiger partial charge is 0.133 e. The summed E-state index contributed by atoms with van der Waals surface area (Å²) in [4.78, 5) is 7.05. The van der Waals surface area contributed by atoms with Crippen LogP contribution in [-0.4, -0.2) is 35.8 Å². The summed E-state index contributed by atoms with van der Waals surface area (Å²) < 4.78 is 6.64. The molecule has 2 heterocycles. The predicted octanol–water partition coefficient (Wildman–Crippen LogP) is 3.35. The van der Waals surface area contributed by atoms with E-state index >= 15 is 0 Å². The molecule has 0 spiro atoms. The molecular weight excluding hydrogens is 330 g/mol. The van der Waals surface area contributed by atoms with Gasteiger partial charge in [-0.05, 0) is 56.6 Å². The Hall–Kier alpha value is -0.650. The number of hydrogen-bond donors (Lipinski definition) is 1. The molecule has 21 heavy (non-hydrogen) atoms. The van der Waals surface area contributed by atoms with Gasteiger partial charge in [0.15, 0.2) is 0 Å². The summed E-state index contributed by atoms with van der Waals surface area (Å²) in [6.45, 7) is 14.1. The van der Waals surface area contributed by atoms with E-state index in [1.807, 2.05) is 6.20 Å². The van der Waals surface area contributed by atoms with Gasteiger partial charge in [-0.25, -0.2) is 4.98 Å². The number of halogens is 1. The monoisotopic (exact) mass is 355 g/mol. The number of aromatic nitrogens is 1. The predicted molar refractivity (Wildman–Crippen MR) is 90.8 cm³/mol. The highest BCUT2D eigenvalue weighted by Gasteiger charge is 2.32. The Kier molecular flexibility index (Phi) is 4.96. The van der Waals surface area contributed by atoms with Crippen LogP contribution in [0, 0.1) is 0 Å². The van der Waals surface area contributed by atoms with E-state index in [0.717, 1.165) is 36.6 Å². The van der Waals surface area contributed by atoms with E-state index < -0.39 is 0 Å². The van der Waals surface area contributed by atoms with Crippen LogP contribution < -0.4 is 10.2 Å². The van der Waals surface area contributed by atoms with Crippen LogP contribution in [-0.2, 0) is 11.3 Å². The summed E-state index contributed by atoms with van der Waals surface area (Å²) in [6, 6.07) is 2.16. The van der Waals surface area contributed by atoms with Crippen LogP contribution in [0.15, 0.2) is 16.7 Å². The molecule has 1 saturated heterocycles. The van der Waals surface area contributed by atoms with Crippen molar-refractivity contribution in [2.45, 2.75) is 52.2 Å². The number of nitrogens with zero attached hydrogens (tertiary/aromatic N) is 2. The van der Waals surface area contributed by atoms with Crippen LogP contribution in [0.5, 0.6) is 0 Å². The van der Waals surface area contributed by atoms with Gasteiger partial charge in [0.2, 0.25) is 0 Å². The zero-order chi connectivity index (χ0) is 15.7. The van der Waals surface area contributed by atoms with Gasteiger partial charge in [-0.2, -0.15) is 0 Å². The zero-order valence-corrected chi connectivity index (χ0v) is 15.2. The molecule has 0 bridgehead atoms. The molecule has 2 rings (SSSR count). The van der Waals surface area contributed by atoms with E-state index in [-0.39, 0.29) is 11.1 Å². The van der Waals surface area contributed by atoms with Crippen LogP contribution >= 0.6 is 15.9 Å². The quantitative estimate of drug-likeness (QED) is 0.901. The van der Waals surface area contributed by atoms with Crippen molar-refractivity contribution in [2.24, 2.45) is 0 Å². The van der Waals surface area contributed by atoms with Gasteiger partial charge in [0, 0.05) is 34.9 Å². The largest absolute Gasteiger partial charge is 0.377 e. The molecular formula is C16H26BrN3O. The Morgan fingerprint density at radius 3 is 2.76 bits per heavy atom. The van der Waals surface area contributed by atoms with Crippen LogP contribution in [0.3, 0.4) is 0 Å². The first-order chi connectivity index (χ1) is 9.69. The van der Waals surface area contributed by atoms with E-state index in [1.54, 1.807) is 0 Å². The van der Waals surface area contributed by atoms with Gasteiger partial charge in [-0.15, -0.1) is 0 Å². The first-order valence-corrected chi connectivity index (χ1v) is 8.23. The lowest BCUT2D eigenvalue weighted by molar-refractivity contribution is 0.0638. The van der Waals surface area contributed by atoms with Gasteiger partial charge in [0.1, 0.15) is 5.82 Å². The van der Waals surface area contributed by atoms with Gasteiger partial charge >= 0.3 is 0 Å². The summed E-state index contributed by atoms with van der Waals surface area (Å²) in [5.74, 6) is 1.06. The Morgan fingerprint density at radius 1 is 1.43 bits per heavy atom. The van der Waals surface area contributed by atoms with Gasteiger partial charge < -0.3 is 15.0 Å². The normalized spacial score (nSPS) is 18.9. The lowest BCUT2D eigenvalue weighted by atomic mass is 10.0. The average molecular weight is 356 g/mol. The number of morpholine rings is 1. The highest BCUT2D eigenvalue weighted by molar-refractivity contribution is 9.10. The van der Waals surface area contributed by atoms with Crippen LogP contribution in [0.4, 0.5) is 5.82 Å². The highest BCUT2D eigenvalue weighted by atomic mass is 79.9. The third-order valence-electron chi connectivity index (χ3n) is 3.62. The van der Waals surface area contributed by atoms with Gasteiger partial charge in [-0.3, -0.25) is 0 Å². The molecule has 1 aliphatic heterocycles. The van der Waals surface area contributed by atoms with E-state index in [2.05, 4.69) is 71.8 Å². The number of hydrogen-bond acceptors (Lipinski definition) is 4. The number of anilines is 1. The summed E-state index contributed by atoms with van der Waals surface area (Å²) >= 11 is 3.54. The lowest BCUT2D eigenvalue weighted by Crippen LogP contribution is -2.54. The first kappa shape index (κ1) is 16.7. The molecule has 0 radical (unpaired) electrons. The topological polar surface area (TPSA) is 37.4 Å². The minimum Gasteiger partial charge on any atom is -0.377 e. The van der Waals surface area contributed by atoms with Gasteiger partial charge in [0.25, 0.3) is 0 Å². The molecule has 0 atom stereocenters. The van der Waals surface area contributed by atoms with Crippen molar-refractivity contribution in [1.82, 2.24) is 10.3 Å². The Morgan fingerprint density at radius 2 is 2.14 bits per heavy atom. The second kappa shape index (κ2) is 6.23. The Bertz CT molecular complexity index is 497. The molecule has 1 fully saturated rings. The molecule has 118 valence electrons. The molecule has 0 aliphatic carbocycles. The minimum absolute atomic E-state index is 0.0322. The molecule has 0 aromatic carbocycles. The maximum Gasteiger partial charge on any atom is 0.133 e. The Labute approximate surface area is 136 Å². The van der Waals surface area contributed by atoms with E-state index in [4.69, 9.17) is 4.74 Å². The summed E-state index contributed by atoms with van der Waals surface area (Å²) in [7, 11) is 0. The maximum absolute atomic E-state index is 5.62. The van der Waals surface area contributed by atoms with Crippen molar-refractivity contribution in [3.8, 4) is 0 Å². The number of rotatable bonds is 3. The molecule has 0 saturated carbocycles. The fourth-order valence-electron chi connectivity index (χ4n) is 2.46. The van der Waals surface area contributed by atoms with Crippen LogP contribution in [0.25, 0.3) is 0 Å². The third kappa shape index (κ3) is 4.41. The summed E-state index contributed by atoms with van der Waals surface area (Å²) in [6.07, 6.45) is 1.88. The molecule has 1 aromatic rings. The fraction of sp³-hybridized carbons (Fsp3) is 0.688.